The molecule has 0 amide bonds. The Hall–Kier alpha value is -19.7. The molecule has 0 saturated carbocycles. The van der Waals surface area contributed by atoms with Crippen LogP contribution < -0.4 is 0 Å². The number of fused-ring (bicyclic) bond motifs is 13. The summed E-state index contributed by atoms with van der Waals surface area (Å²) in [5.41, 5.74) is 26.6. The third kappa shape index (κ3) is 18.1. The molecule has 0 aliphatic heterocycles. The lowest BCUT2D eigenvalue weighted by Gasteiger charge is -2.12. The number of hydrogen-bond donors (Lipinski definition) is 0. The molecule has 3 heterocycles. The fourth-order valence-corrected chi connectivity index (χ4v) is 20.7. The Balaban J connectivity index is 0.000000112. The van der Waals surface area contributed by atoms with Gasteiger partial charge in [0.15, 0.2) is 29.1 Å². The Morgan fingerprint density at radius 3 is 0.615 bits per heavy atom. The van der Waals surface area contributed by atoms with Gasteiger partial charge in [-0.3, -0.25) is 0 Å². The smallest absolute Gasteiger partial charge is 0.164 e. The summed E-state index contributed by atoms with van der Waals surface area (Å²) in [7, 11) is 0. The quantitative estimate of drug-likeness (QED) is 0.0945. The van der Waals surface area contributed by atoms with Crippen LogP contribution in [0, 0.1) is 0 Å². The Bertz CT molecular complexity index is 9340. The van der Waals surface area contributed by atoms with Gasteiger partial charge in [0.1, 0.15) is 0 Å². The van der Waals surface area contributed by atoms with Crippen LogP contribution in [0.3, 0.4) is 0 Å². The molecule has 25 aromatic carbocycles. The molecule has 3 aromatic heterocycles. The molecule has 0 radical (unpaired) electrons. The van der Waals surface area contributed by atoms with Crippen LogP contribution in [0.25, 0.3) is 276 Å². The predicted molar refractivity (Wildman–Crippen MR) is 620 cm³/mol. The van der Waals surface area contributed by atoms with E-state index in [4.69, 9.17) is 34.9 Å². The molecule has 7 heteroatoms. The highest BCUT2D eigenvalue weighted by Gasteiger charge is 2.21. The molecule has 28 aromatic rings. The van der Waals surface area contributed by atoms with Crippen molar-refractivity contribution in [3.8, 4) is 169 Å². The van der Waals surface area contributed by atoms with E-state index in [0.717, 1.165) is 101 Å². The fraction of sp³-hybridized carbons (Fsp3) is 0. The molecule has 0 N–H and O–H groups in total. The highest BCUT2D eigenvalue weighted by atomic mass is 15.0. The maximum Gasteiger partial charge on any atom is 0.164 e. The van der Waals surface area contributed by atoms with Crippen molar-refractivity contribution >= 4 is 108 Å². The second-order valence-corrected chi connectivity index (χ2v) is 37.8. The highest BCUT2D eigenvalue weighted by molar-refractivity contribution is 6.11. The summed E-state index contributed by atoms with van der Waals surface area (Å²) in [5.74, 6) is 3.33. The van der Waals surface area contributed by atoms with Crippen molar-refractivity contribution in [1.82, 2.24) is 34.9 Å². The van der Waals surface area contributed by atoms with Crippen molar-refractivity contribution in [1.29, 1.82) is 0 Å². The van der Waals surface area contributed by atoms with Crippen LogP contribution in [0.15, 0.2) is 552 Å². The largest absolute Gasteiger partial charge is 0.228 e. The average Bonchev–Trinajstić information content (AvgIpc) is 0.694. The molecule has 0 fully saturated rings. The van der Waals surface area contributed by atoms with Crippen molar-refractivity contribution in [2.45, 2.75) is 0 Å². The molecule has 690 valence electrons. The lowest BCUT2D eigenvalue weighted by molar-refractivity contribution is 1.07. The maximum absolute atomic E-state index is 5.23. The highest BCUT2D eigenvalue weighted by Crippen LogP contribution is 2.42. The topological polar surface area (TPSA) is 90.2 Å². The molecular formula is C141H91N7. The first-order chi connectivity index (χ1) is 73.2. The minimum atomic E-state index is 0.638. The molecule has 0 atom stereocenters. The van der Waals surface area contributed by atoms with Gasteiger partial charge in [0.25, 0.3) is 0 Å². The van der Waals surface area contributed by atoms with Crippen LogP contribution >= 0.6 is 0 Å². The normalized spacial score (nSPS) is 11.4. The third-order valence-corrected chi connectivity index (χ3v) is 28.6. The summed E-state index contributed by atoms with van der Waals surface area (Å²) in [4.78, 5) is 35.9. The standard InChI is InChI=1S/C48H32N2.C47H31N3.C46H28N2/c1-2-8-33(9-3-1)36-18-26-41(27-19-36)48-49-46(39-22-14-37(15-23-39)44-28-20-34-10-4-6-12-42(34)30-44)32-47(50-48)40-24-16-38(17-25-40)45-29-21-35-11-5-7-13-43(35)31-45;1-2-9-32(10-3-1)41-15-8-16-44(31-41)47-49-45(37-23-17-35(18-24-37)42-27-21-33-11-4-6-13-39(33)29-42)48-46(50-47)38-25-19-36(20-26-38)43-28-22-34-12-5-7-14-40(34)30-43;1-4-10-38-29(7-1)13-16-32-25-35(19-22-41(32)38)44-28-45(36-20-23-42-33(26-36)17-14-30-8-2-5-11-39(30)42)48-46(47-44)37-21-24-43-34(27-37)18-15-31-9-3-6-12-40(31)43/h1-32H;1-31H;1-28H. The number of rotatable bonds is 15. The first-order valence-corrected chi connectivity index (χ1v) is 50.2. The summed E-state index contributed by atoms with van der Waals surface area (Å²) in [6.07, 6.45) is 0. The Morgan fingerprint density at radius 2 is 0.264 bits per heavy atom. The van der Waals surface area contributed by atoms with Crippen LogP contribution in [-0.2, 0) is 0 Å². The zero-order valence-electron chi connectivity index (χ0n) is 80.7. The van der Waals surface area contributed by atoms with Gasteiger partial charge >= 0.3 is 0 Å². The summed E-state index contributed by atoms with van der Waals surface area (Å²) in [6, 6.07) is 196. The van der Waals surface area contributed by atoms with Gasteiger partial charge in [-0.15, -0.1) is 0 Å². The first-order valence-electron chi connectivity index (χ1n) is 50.2. The van der Waals surface area contributed by atoms with E-state index in [1.165, 1.54) is 152 Å². The van der Waals surface area contributed by atoms with Crippen LogP contribution in [-0.4, -0.2) is 34.9 Å². The monoisotopic (exact) mass is 1880 g/mol. The summed E-state index contributed by atoms with van der Waals surface area (Å²) < 4.78 is 0. The fourth-order valence-electron chi connectivity index (χ4n) is 20.7. The van der Waals surface area contributed by atoms with Crippen molar-refractivity contribution in [2.24, 2.45) is 0 Å². The molecule has 0 aliphatic rings. The van der Waals surface area contributed by atoms with Gasteiger partial charge in [0.05, 0.1) is 22.8 Å². The maximum atomic E-state index is 5.23. The molecular weight excluding hydrogens is 1790 g/mol. The van der Waals surface area contributed by atoms with Gasteiger partial charge in [-0.2, -0.15) is 0 Å². The summed E-state index contributed by atoms with van der Waals surface area (Å²) in [5, 5.41) is 24.7. The van der Waals surface area contributed by atoms with Crippen molar-refractivity contribution in [3.63, 3.8) is 0 Å². The minimum Gasteiger partial charge on any atom is -0.228 e. The van der Waals surface area contributed by atoms with E-state index < -0.39 is 0 Å². The third-order valence-electron chi connectivity index (χ3n) is 28.6. The minimum absolute atomic E-state index is 0.638. The van der Waals surface area contributed by atoms with E-state index in [9.17, 15) is 0 Å². The van der Waals surface area contributed by atoms with Crippen LogP contribution in [0.4, 0.5) is 0 Å². The van der Waals surface area contributed by atoms with Crippen molar-refractivity contribution in [2.75, 3.05) is 0 Å². The first kappa shape index (κ1) is 88.4. The number of benzene rings is 25. The molecule has 28 rings (SSSR count). The molecule has 7 nitrogen and oxygen atoms in total. The molecule has 0 bridgehead atoms. The van der Waals surface area contributed by atoms with Gasteiger partial charge in [0.2, 0.25) is 0 Å². The van der Waals surface area contributed by atoms with E-state index in [1.807, 2.05) is 12.1 Å². The van der Waals surface area contributed by atoms with Gasteiger partial charge in [0, 0.05) is 50.1 Å². The van der Waals surface area contributed by atoms with E-state index in [0.29, 0.717) is 23.3 Å². The van der Waals surface area contributed by atoms with Gasteiger partial charge in [-0.05, 0) is 235 Å². The zero-order chi connectivity index (χ0) is 98.2. The molecule has 0 aliphatic carbocycles. The second-order valence-electron chi connectivity index (χ2n) is 37.8. The lowest BCUT2D eigenvalue weighted by atomic mass is 9.97. The van der Waals surface area contributed by atoms with Crippen LogP contribution in [0.1, 0.15) is 0 Å². The van der Waals surface area contributed by atoms with Crippen LogP contribution in [0.2, 0.25) is 0 Å². The average molecular weight is 1880 g/mol. The zero-order valence-corrected chi connectivity index (χ0v) is 80.7. The van der Waals surface area contributed by atoms with Crippen molar-refractivity contribution < 1.29 is 0 Å². The van der Waals surface area contributed by atoms with Crippen LogP contribution in [0.5, 0.6) is 0 Å². The molecule has 148 heavy (non-hydrogen) atoms. The van der Waals surface area contributed by atoms with E-state index >= 15 is 0 Å². The molecule has 0 unspecified atom stereocenters. The predicted octanol–water partition coefficient (Wildman–Crippen LogP) is 37.4. The van der Waals surface area contributed by atoms with Gasteiger partial charge in [-0.1, -0.05) is 491 Å². The lowest BCUT2D eigenvalue weighted by Crippen LogP contribution is -2.00. The second kappa shape index (κ2) is 38.9. The van der Waals surface area contributed by atoms with E-state index in [2.05, 4.69) is 540 Å². The molecule has 0 spiro atoms. The summed E-state index contributed by atoms with van der Waals surface area (Å²) >= 11 is 0. The van der Waals surface area contributed by atoms with E-state index in [1.54, 1.807) is 0 Å². The number of nitrogens with zero attached hydrogens (tertiary/aromatic N) is 7. The number of aromatic nitrogens is 7. The van der Waals surface area contributed by atoms with Gasteiger partial charge < -0.3 is 0 Å². The molecule has 0 saturated heterocycles. The Labute approximate surface area is 857 Å². The summed E-state index contributed by atoms with van der Waals surface area (Å²) in [6.45, 7) is 0. The SMILES string of the molecule is c1ccc(-c2ccc(-c3nc(-c4ccc(-c5ccc6ccccc6c5)cc4)cc(-c4ccc(-c5ccc6ccccc6c5)cc4)n3)cc2)cc1.c1ccc(-c2cccc(-c3nc(-c4ccc(-c5ccc6ccccc6c5)cc4)nc(-c4ccc(-c5ccc6ccccc6c5)cc4)n3)c2)cc1.c1ccc2c(c1)ccc1cc(-c3cc(-c4ccc5c(ccc6ccccc65)c4)nc(-c4ccc5c(ccc6ccccc65)c4)n3)ccc12. The Kier molecular flexibility index (Phi) is 23.3. The van der Waals surface area contributed by atoms with Crippen molar-refractivity contribution in [3.05, 3.63) is 552 Å². The number of hydrogen-bond acceptors (Lipinski definition) is 7. The van der Waals surface area contributed by atoms with Gasteiger partial charge in [-0.25, -0.2) is 34.9 Å². The Morgan fingerprint density at radius 1 is 0.0811 bits per heavy atom. The van der Waals surface area contributed by atoms with E-state index in [-0.39, 0.29) is 0 Å².